The molecule has 0 spiro atoms. The Hall–Kier alpha value is -4.04. The van der Waals surface area contributed by atoms with Crippen molar-refractivity contribution in [2.45, 2.75) is 6.10 Å². The first-order valence-electron chi connectivity index (χ1n) is 9.19. The number of nitrogens with zero attached hydrogens (tertiary/aromatic N) is 1. The lowest BCUT2D eigenvalue weighted by molar-refractivity contribution is -0.129. The van der Waals surface area contributed by atoms with Crippen LogP contribution in [0.2, 0.25) is 0 Å². The molecule has 0 aliphatic rings. The molecular formula is C23H19FN2O5. The molecule has 0 fully saturated rings. The number of esters is 1. The highest BCUT2D eigenvalue weighted by Crippen LogP contribution is 2.28. The van der Waals surface area contributed by atoms with Gasteiger partial charge in [0.05, 0.1) is 18.9 Å². The number of hydrazone groups is 1. The number of carbonyl (C=O) groups is 2. The predicted molar refractivity (Wildman–Crippen MR) is 111 cm³/mol. The number of hydrogen-bond donors (Lipinski definition) is 2. The molecule has 0 saturated carbocycles. The molecular weight excluding hydrogens is 403 g/mol. The summed E-state index contributed by atoms with van der Waals surface area (Å²) in [6.45, 7) is 0. The van der Waals surface area contributed by atoms with Gasteiger partial charge in [0, 0.05) is 0 Å². The highest BCUT2D eigenvalue weighted by Gasteiger charge is 2.16. The zero-order chi connectivity index (χ0) is 22.2. The molecule has 0 aliphatic heterocycles. The van der Waals surface area contributed by atoms with Crippen molar-refractivity contribution in [1.82, 2.24) is 5.43 Å². The van der Waals surface area contributed by atoms with Crippen molar-refractivity contribution in [3.8, 4) is 11.5 Å². The molecule has 3 rings (SSSR count). The number of amides is 1. The zero-order valence-electron chi connectivity index (χ0n) is 16.5. The number of aliphatic hydroxyl groups is 1. The van der Waals surface area contributed by atoms with Gasteiger partial charge in [-0.25, -0.2) is 14.6 Å². The summed E-state index contributed by atoms with van der Waals surface area (Å²) in [5.41, 5.74) is 3.31. The van der Waals surface area contributed by atoms with Gasteiger partial charge >= 0.3 is 5.97 Å². The Labute approximate surface area is 177 Å². The molecule has 0 aromatic heterocycles. The van der Waals surface area contributed by atoms with E-state index in [1.165, 1.54) is 43.7 Å². The van der Waals surface area contributed by atoms with Gasteiger partial charge in [-0.05, 0) is 47.5 Å². The summed E-state index contributed by atoms with van der Waals surface area (Å²) in [6, 6.07) is 18.2. The van der Waals surface area contributed by atoms with Gasteiger partial charge in [0.2, 0.25) is 0 Å². The van der Waals surface area contributed by atoms with E-state index in [0.717, 1.165) is 6.07 Å². The van der Waals surface area contributed by atoms with Gasteiger partial charge < -0.3 is 14.6 Å². The Morgan fingerprint density at radius 2 is 1.81 bits per heavy atom. The van der Waals surface area contributed by atoms with Crippen LogP contribution >= 0.6 is 0 Å². The summed E-state index contributed by atoms with van der Waals surface area (Å²) < 4.78 is 23.8. The average Bonchev–Trinajstić information content (AvgIpc) is 2.79. The number of ether oxygens (including phenoxy) is 2. The van der Waals surface area contributed by atoms with Crippen molar-refractivity contribution < 1.29 is 28.6 Å². The van der Waals surface area contributed by atoms with E-state index in [1.807, 2.05) is 0 Å². The first kappa shape index (κ1) is 21.7. The van der Waals surface area contributed by atoms with Crippen LogP contribution in [0.3, 0.4) is 0 Å². The van der Waals surface area contributed by atoms with Gasteiger partial charge in [-0.2, -0.15) is 5.10 Å². The van der Waals surface area contributed by atoms with Crippen molar-refractivity contribution in [2.24, 2.45) is 5.10 Å². The van der Waals surface area contributed by atoms with Crippen LogP contribution in [-0.2, 0) is 4.79 Å². The fourth-order valence-electron chi connectivity index (χ4n) is 2.64. The van der Waals surface area contributed by atoms with Gasteiger partial charge in [0.1, 0.15) is 5.82 Å². The number of carbonyl (C=O) groups excluding carboxylic acids is 2. The first-order chi connectivity index (χ1) is 15.0. The van der Waals surface area contributed by atoms with Crippen molar-refractivity contribution in [3.05, 3.63) is 95.3 Å². The third-order valence-corrected chi connectivity index (χ3v) is 4.20. The first-order valence-corrected chi connectivity index (χ1v) is 9.19. The van der Waals surface area contributed by atoms with Crippen LogP contribution in [0, 0.1) is 5.82 Å². The average molecular weight is 422 g/mol. The van der Waals surface area contributed by atoms with Crippen LogP contribution in [0.25, 0.3) is 0 Å². The summed E-state index contributed by atoms with van der Waals surface area (Å²) in [4.78, 5) is 24.2. The molecule has 0 radical (unpaired) electrons. The number of benzene rings is 3. The van der Waals surface area contributed by atoms with Crippen molar-refractivity contribution >= 4 is 18.1 Å². The van der Waals surface area contributed by atoms with Crippen LogP contribution < -0.4 is 14.9 Å². The van der Waals surface area contributed by atoms with E-state index < -0.39 is 23.8 Å². The van der Waals surface area contributed by atoms with E-state index in [4.69, 9.17) is 9.47 Å². The van der Waals surface area contributed by atoms with Crippen LogP contribution in [0.5, 0.6) is 11.5 Å². The van der Waals surface area contributed by atoms with Gasteiger partial charge in [-0.1, -0.05) is 36.4 Å². The van der Waals surface area contributed by atoms with Crippen molar-refractivity contribution in [1.29, 1.82) is 0 Å². The summed E-state index contributed by atoms with van der Waals surface area (Å²) in [7, 11) is 1.40. The molecule has 3 aromatic rings. The van der Waals surface area contributed by atoms with Gasteiger partial charge in [0.25, 0.3) is 5.91 Å². The summed E-state index contributed by atoms with van der Waals surface area (Å²) in [5, 5.41) is 13.8. The maximum absolute atomic E-state index is 13.3. The Bertz CT molecular complexity index is 1100. The Morgan fingerprint density at radius 3 is 2.52 bits per heavy atom. The van der Waals surface area contributed by atoms with Gasteiger partial charge in [-0.3, -0.25) is 4.79 Å². The number of rotatable bonds is 7. The Kier molecular flexibility index (Phi) is 7.08. The number of halogens is 1. The van der Waals surface area contributed by atoms with Crippen LogP contribution in [0.1, 0.15) is 27.6 Å². The topological polar surface area (TPSA) is 97.2 Å². The van der Waals surface area contributed by atoms with Crippen LogP contribution in [0.4, 0.5) is 4.39 Å². The van der Waals surface area contributed by atoms with Crippen molar-refractivity contribution in [3.63, 3.8) is 0 Å². The van der Waals surface area contributed by atoms with Gasteiger partial charge in [0.15, 0.2) is 17.6 Å². The maximum Gasteiger partial charge on any atom is 0.343 e. The van der Waals surface area contributed by atoms with Crippen LogP contribution in [-0.4, -0.2) is 30.3 Å². The molecule has 31 heavy (non-hydrogen) atoms. The Morgan fingerprint density at radius 1 is 1.03 bits per heavy atom. The molecule has 3 aromatic carbocycles. The highest BCUT2D eigenvalue weighted by molar-refractivity contribution is 5.91. The molecule has 1 amide bonds. The molecule has 0 bridgehead atoms. The second-order valence-electron chi connectivity index (χ2n) is 6.36. The zero-order valence-corrected chi connectivity index (χ0v) is 16.5. The number of methoxy groups -OCH3 is 1. The number of nitrogens with one attached hydrogen (secondary N) is 1. The molecule has 158 valence electrons. The lowest BCUT2D eigenvalue weighted by Gasteiger charge is -2.10. The standard InChI is InChI=1S/C23H19FN2O5/c1-30-20-12-15(14-25-26-22(28)21(27)16-6-3-2-4-7-16)10-11-19(20)31-23(29)17-8-5-9-18(24)13-17/h2-14,21,27H,1H3,(H,26,28)/t21-/m1/s1. The lowest BCUT2D eigenvalue weighted by Crippen LogP contribution is -2.25. The minimum Gasteiger partial charge on any atom is -0.493 e. The molecule has 1 atom stereocenters. The predicted octanol–water partition coefficient (Wildman–Crippen LogP) is 3.24. The minimum atomic E-state index is -1.35. The monoisotopic (exact) mass is 422 g/mol. The van der Waals surface area contributed by atoms with E-state index in [0.29, 0.717) is 11.1 Å². The number of aliphatic hydroxyl groups excluding tert-OH is 1. The molecule has 0 unspecified atom stereocenters. The van der Waals surface area contributed by atoms with Crippen molar-refractivity contribution in [2.75, 3.05) is 7.11 Å². The normalized spacial score (nSPS) is 11.7. The van der Waals surface area contributed by atoms with E-state index in [2.05, 4.69) is 10.5 Å². The van der Waals surface area contributed by atoms with E-state index in [9.17, 15) is 19.1 Å². The summed E-state index contributed by atoms with van der Waals surface area (Å²) >= 11 is 0. The fourth-order valence-corrected chi connectivity index (χ4v) is 2.64. The second-order valence-corrected chi connectivity index (χ2v) is 6.36. The summed E-state index contributed by atoms with van der Waals surface area (Å²) in [6.07, 6.45) is -0.00598. The fraction of sp³-hybridized carbons (Fsp3) is 0.0870. The second kappa shape index (κ2) is 10.1. The summed E-state index contributed by atoms with van der Waals surface area (Å²) in [5.74, 6) is -1.59. The molecule has 0 aliphatic carbocycles. The maximum atomic E-state index is 13.3. The quantitative estimate of drug-likeness (QED) is 0.264. The van der Waals surface area contributed by atoms with E-state index in [1.54, 1.807) is 36.4 Å². The van der Waals surface area contributed by atoms with Gasteiger partial charge in [-0.15, -0.1) is 0 Å². The minimum absolute atomic E-state index is 0.0624. The van der Waals surface area contributed by atoms with Crippen LogP contribution in [0.15, 0.2) is 77.9 Å². The molecule has 7 nitrogen and oxygen atoms in total. The third-order valence-electron chi connectivity index (χ3n) is 4.20. The van der Waals surface area contributed by atoms with E-state index >= 15 is 0 Å². The Balaban J connectivity index is 1.65. The largest absolute Gasteiger partial charge is 0.493 e. The molecule has 8 heteroatoms. The molecule has 2 N–H and O–H groups in total. The number of hydrogen-bond acceptors (Lipinski definition) is 6. The SMILES string of the molecule is COc1cc(C=NNC(=O)[C@H](O)c2ccccc2)ccc1OC(=O)c1cccc(F)c1. The molecule has 0 saturated heterocycles. The third kappa shape index (κ3) is 5.74. The lowest BCUT2D eigenvalue weighted by atomic mass is 10.1. The highest BCUT2D eigenvalue weighted by atomic mass is 19.1. The van der Waals surface area contributed by atoms with E-state index in [-0.39, 0.29) is 17.1 Å². The smallest absolute Gasteiger partial charge is 0.343 e. The molecule has 0 heterocycles.